The van der Waals surface area contributed by atoms with E-state index in [1.807, 2.05) is 36.5 Å². The van der Waals surface area contributed by atoms with Gasteiger partial charge in [-0.15, -0.1) is 0 Å². The van der Waals surface area contributed by atoms with E-state index in [2.05, 4.69) is 9.72 Å². The minimum atomic E-state index is -0.901. The Kier molecular flexibility index (Phi) is 8.32. The van der Waals surface area contributed by atoms with Gasteiger partial charge in [0, 0.05) is 13.0 Å². The summed E-state index contributed by atoms with van der Waals surface area (Å²) in [5, 5.41) is 1.92. The molecule has 0 saturated heterocycles. The number of nitrogens with zero attached hydrogens (tertiary/aromatic N) is 2. The first-order chi connectivity index (χ1) is 14.0. The van der Waals surface area contributed by atoms with Crippen LogP contribution in [0.25, 0.3) is 11.0 Å². The zero-order chi connectivity index (χ0) is 21.2. The summed E-state index contributed by atoms with van der Waals surface area (Å²) in [4.78, 5) is 51.7. The van der Waals surface area contributed by atoms with E-state index in [0.717, 1.165) is 18.4 Å². The van der Waals surface area contributed by atoms with Crippen molar-refractivity contribution < 1.29 is 23.9 Å². The normalized spacial score (nSPS) is 10.6. The highest BCUT2D eigenvalue weighted by Gasteiger charge is 2.15. The average molecular weight is 403 g/mol. The monoisotopic (exact) mass is 403 g/mol. The lowest BCUT2D eigenvalue weighted by molar-refractivity contribution is -0.148. The fourth-order valence-electron chi connectivity index (χ4n) is 2.70. The topological polar surface area (TPSA) is 117 Å². The molecule has 0 aliphatic carbocycles. The SMILES string of the molecule is CCCCn1c(=O)c(CCC(=O)OCC(=O)NC(=O)OCC)nc2ccccc21. The maximum absolute atomic E-state index is 12.8. The van der Waals surface area contributed by atoms with Crippen molar-refractivity contribution in [3.8, 4) is 0 Å². The average Bonchev–Trinajstić information content (AvgIpc) is 2.70. The Bertz CT molecular complexity index is 937. The van der Waals surface area contributed by atoms with Crippen molar-refractivity contribution >= 4 is 29.0 Å². The Morgan fingerprint density at radius 1 is 1.14 bits per heavy atom. The second-order valence-electron chi connectivity index (χ2n) is 6.29. The molecule has 0 aliphatic rings. The third-order valence-electron chi connectivity index (χ3n) is 4.10. The molecule has 2 amide bonds. The van der Waals surface area contributed by atoms with E-state index in [9.17, 15) is 19.2 Å². The van der Waals surface area contributed by atoms with Gasteiger partial charge in [-0.25, -0.2) is 9.78 Å². The van der Waals surface area contributed by atoms with Crippen molar-refractivity contribution in [1.82, 2.24) is 14.9 Å². The van der Waals surface area contributed by atoms with Crippen LogP contribution in [0, 0.1) is 0 Å². The molecule has 29 heavy (non-hydrogen) atoms. The number of para-hydroxylation sites is 2. The number of benzene rings is 1. The zero-order valence-corrected chi connectivity index (χ0v) is 16.6. The summed E-state index contributed by atoms with van der Waals surface area (Å²) in [6.07, 6.45) is 0.875. The van der Waals surface area contributed by atoms with Gasteiger partial charge in [0.05, 0.1) is 24.1 Å². The van der Waals surface area contributed by atoms with Gasteiger partial charge in [0.15, 0.2) is 6.61 Å². The number of imide groups is 1. The molecule has 0 saturated carbocycles. The van der Waals surface area contributed by atoms with Gasteiger partial charge in [0.25, 0.3) is 11.5 Å². The molecule has 1 heterocycles. The number of hydrogen-bond donors (Lipinski definition) is 1. The molecule has 1 N–H and O–H groups in total. The van der Waals surface area contributed by atoms with Crippen molar-refractivity contribution in [3.63, 3.8) is 0 Å². The molecule has 0 fully saturated rings. The summed E-state index contributed by atoms with van der Waals surface area (Å²) < 4.78 is 11.1. The van der Waals surface area contributed by atoms with E-state index in [4.69, 9.17) is 4.74 Å². The highest BCUT2D eigenvalue weighted by molar-refractivity contribution is 5.93. The third-order valence-corrected chi connectivity index (χ3v) is 4.10. The second kappa shape index (κ2) is 10.9. The van der Waals surface area contributed by atoms with Crippen LogP contribution in [-0.4, -0.2) is 40.7 Å². The first kappa shape index (κ1) is 22.1. The number of carbonyl (C=O) groups excluding carboxylic acids is 3. The smallest absolute Gasteiger partial charge is 0.413 e. The lowest BCUT2D eigenvalue weighted by Crippen LogP contribution is -2.34. The van der Waals surface area contributed by atoms with Crippen LogP contribution in [0.1, 0.15) is 38.8 Å². The summed E-state index contributed by atoms with van der Waals surface area (Å²) in [5.41, 5.74) is 1.48. The fourth-order valence-corrected chi connectivity index (χ4v) is 2.70. The van der Waals surface area contributed by atoms with Gasteiger partial charge < -0.3 is 14.0 Å². The van der Waals surface area contributed by atoms with Gasteiger partial charge in [0.2, 0.25) is 0 Å². The lowest BCUT2D eigenvalue weighted by Gasteiger charge is -2.12. The molecule has 0 spiro atoms. The molecule has 9 heteroatoms. The van der Waals surface area contributed by atoms with Gasteiger partial charge in [-0.2, -0.15) is 0 Å². The highest BCUT2D eigenvalue weighted by atomic mass is 16.6. The molecular weight excluding hydrogens is 378 g/mol. The van der Waals surface area contributed by atoms with Gasteiger partial charge in [-0.1, -0.05) is 25.5 Å². The molecule has 0 bridgehead atoms. The maximum atomic E-state index is 12.8. The molecule has 9 nitrogen and oxygen atoms in total. The first-order valence-electron chi connectivity index (χ1n) is 9.56. The number of hydrogen-bond acceptors (Lipinski definition) is 7. The number of alkyl carbamates (subject to hydrolysis) is 1. The van der Waals surface area contributed by atoms with Crippen molar-refractivity contribution in [2.24, 2.45) is 0 Å². The number of rotatable bonds is 9. The number of unbranched alkanes of at least 4 members (excludes halogenated alkanes) is 1. The van der Waals surface area contributed by atoms with E-state index in [-0.39, 0.29) is 30.7 Å². The molecule has 1 aromatic heterocycles. The zero-order valence-electron chi connectivity index (χ0n) is 16.6. The number of ether oxygens (including phenoxy) is 2. The Hall–Kier alpha value is -3.23. The fraction of sp³-hybridized carbons (Fsp3) is 0.450. The van der Waals surface area contributed by atoms with Crippen LogP contribution in [0.2, 0.25) is 0 Å². The van der Waals surface area contributed by atoms with Crippen LogP contribution in [0.15, 0.2) is 29.1 Å². The maximum Gasteiger partial charge on any atom is 0.413 e. The number of carbonyl (C=O) groups is 3. The van der Waals surface area contributed by atoms with Crippen LogP contribution in [0.5, 0.6) is 0 Å². The number of amides is 2. The van der Waals surface area contributed by atoms with Crippen molar-refractivity contribution in [2.75, 3.05) is 13.2 Å². The number of aryl methyl sites for hydroxylation is 2. The van der Waals surface area contributed by atoms with Crippen molar-refractivity contribution in [3.05, 3.63) is 40.3 Å². The lowest BCUT2D eigenvalue weighted by atomic mass is 10.2. The van der Waals surface area contributed by atoms with E-state index >= 15 is 0 Å². The second-order valence-corrected chi connectivity index (χ2v) is 6.29. The molecule has 0 atom stereocenters. The minimum absolute atomic E-state index is 0.0914. The molecule has 156 valence electrons. The van der Waals surface area contributed by atoms with Crippen LogP contribution in [-0.2, 0) is 32.0 Å². The third kappa shape index (κ3) is 6.41. The highest BCUT2D eigenvalue weighted by Crippen LogP contribution is 2.12. The van der Waals surface area contributed by atoms with E-state index in [1.165, 1.54) is 0 Å². The van der Waals surface area contributed by atoms with Gasteiger partial charge in [0.1, 0.15) is 5.69 Å². The van der Waals surface area contributed by atoms with E-state index < -0.39 is 24.6 Å². The predicted octanol–water partition coefficient (Wildman–Crippen LogP) is 1.95. The Morgan fingerprint density at radius 2 is 1.90 bits per heavy atom. The molecule has 0 radical (unpaired) electrons. The molecule has 1 aromatic carbocycles. The first-order valence-corrected chi connectivity index (χ1v) is 9.56. The van der Waals surface area contributed by atoms with Crippen LogP contribution >= 0.6 is 0 Å². The van der Waals surface area contributed by atoms with Crippen LogP contribution in [0.3, 0.4) is 0 Å². The van der Waals surface area contributed by atoms with Gasteiger partial charge in [-0.3, -0.25) is 19.7 Å². The Labute approximate surface area is 168 Å². The summed E-state index contributed by atoms with van der Waals surface area (Å²) in [7, 11) is 0. The van der Waals surface area contributed by atoms with Gasteiger partial charge >= 0.3 is 12.1 Å². The number of aromatic nitrogens is 2. The van der Waals surface area contributed by atoms with Crippen LogP contribution in [0.4, 0.5) is 4.79 Å². The quantitative estimate of drug-likeness (QED) is 0.636. The summed E-state index contributed by atoms with van der Waals surface area (Å²) in [6.45, 7) is 3.73. The largest absolute Gasteiger partial charge is 0.456 e. The molecule has 2 aromatic rings. The molecule has 2 rings (SSSR count). The van der Waals surface area contributed by atoms with E-state index in [1.54, 1.807) is 11.5 Å². The molecular formula is C20H25N3O6. The number of fused-ring (bicyclic) bond motifs is 1. The molecule has 0 aliphatic heterocycles. The van der Waals surface area contributed by atoms with Crippen molar-refractivity contribution in [1.29, 1.82) is 0 Å². The Balaban J connectivity index is 2.00. The van der Waals surface area contributed by atoms with Crippen LogP contribution < -0.4 is 10.9 Å². The summed E-state index contributed by atoms with van der Waals surface area (Å²) >= 11 is 0. The minimum Gasteiger partial charge on any atom is -0.456 e. The summed E-state index contributed by atoms with van der Waals surface area (Å²) in [6, 6.07) is 7.35. The summed E-state index contributed by atoms with van der Waals surface area (Å²) in [5.74, 6) is -1.46. The molecule has 0 unspecified atom stereocenters. The van der Waals surface area contributed by atoms with E-state index in [0.29, 0.717) is 12.1 Å². The Morgan fingerprint density at radius 3 is 2.62 bits per heavy atom. The van der Waals surface area contributed by atoms with Gasteiger partial charge in [-0.05, 0) is 25.5 Å². The van der Waals surface area contributed by atoms with Crippen molar-refractivity contribution in [2.45, 2.75) is 46.1 Å². The predicted molar refractivity (Wildman–Crippen MR) is 105 cm³/mol. The standard InChI is InChI=1S/C20H25N3O6/c1-3-5-12-23-16-9-7-6-8-14(16)21-15(19(23)26)10-11-18(25)29-13-17(24)22-20(27)28-4-2/h6-9H,3-5,10-13H2,1-2H3,(H,22,24,27). The number of esters is 1. The number of nitrogens with one attached hydrogen (secondary N) is 1.